The van der Waals surface area contributed by atoms with E-state index in [0.29, 0.717) is 6.04 Å². The van der Waals surface area contributed by atoms with Crippen molar-refractivity contribution in [1.82, 2.24) is 0 Å². The van der Waals surface area contributed by atoms with Crippen LogP contribution in [0, 0.1) is 11.3 Å². The molecule has 86 valence electrons. The molecule has 0 bridgehead atoms. The maximum absolute atomic E-state index is 8.67. The fourth-order valence-electron chi connectivity index (χ4n) is 1.83. The lowest BCUT2D eigenvalue weighted by Gasteiger charge is -2.09. The van der Waals surface area contributed by atoms with E-state index in [0.717, 1.165) is 37.7 Å². The predicted octanol–water partition coefficient (Wildman–Crippen LogP) is 3.01. The second-order valence-corrected chi connectivity index (χ2v) is 4.25. The maximum atomic E-state index is 8.67. The first-order chi connectivity index (χ1) is 7.76. The summed E-state index contributed by atoms with van der Waals surface area (Å²) in [5, 5.41) is 8.67. The van der Waals surface area contributed by atoms with Gasteiger partial charge in [-0.2, -0.15) is 5.26 Å². The van der Waals surface area contributed by atoms with Crippen molar-refractivity contribution >= 4 is 0 Å². The Labute approximate surface area is 98.1 Å². The van der Waals surface area contributed by atoms with E-state index >= 15 is 0 Å². The molecule has 16 heavy (non-hydrogen) atoms. The molecule has 1 atom stereocenters. The highest BCUT2D eigenvalue weighted by Gasteiger charge is 2.01. The van der Waals surface area contributed by atoms with E-state index in [4.69, 9.17) is 11.0 Å². The molecule has 0 aliphatic heterocycles. The third-order valence-corrected chi connectivity index (χ3v) is 2.78. The Kier molecular flexibility index (Phi) is 5.60. The smallest absolute Gasteiger partial charge is 0.0991 e. The van der Waals surface area contributed by atoms with E-state index in [-0.39, 0.29) is 0 Å². The molecule has 0 spiro atoms. The van der Waals surface area contributed by atoms with E-state index in [1.54, 1.807) is 0 Å². The van der Waals surface area contributed by atoms with Crippen LogP contribution < -0.4 is 5.73 Å². The zero-order valence-corrected chi connectivity index (χ0v) is 9.95. The molecule has 2 N–H and O–H groups in total. The van der Waals surface area contributed by atoms with Crippen LogP contribution in [0.25, 0.3) is 0 Å². The summed E-state index contributed by atoms with van der Waals surface area (Å²) in [7, 11) is 0. The Balaban J connectivity index is 2.29. The summed E-state index contributed by atoms with van der Waals surface area (Å²) >= 11 is 0. The molecule has 1 unspecified atom stereocenters. The first kappa shape index (κ1) is 12.7. The molecule has 0 radical (unpaired) electrons. The predicted molar refractivity (Wildman–Crippen MR) is 67.0 cm³/mol. The number of benzene rings is 1. The summed E-state index contributed by atoms with van der Waals surface area (Å²) in [5.74, 6) is 0. The molecule has 2 nitrogen and oxygen atoms in total. The molecule has 0 amide bonds. The van der Waals surface area contributed by atoms with Gasteiger partial charge in [0.2, 0.25) is 0 Å². The van der Waals surface area contributed by atoms with Crippen molar-refractivity contribution in [2.24, 2.45) is 5.73 Å². The average Bonchev–Trinajstić information content (AvgIpc) is 2.30. The van der Waals surface area contributed by atoms with Crippen LogP contribution in [0.4, 0.5) is 0 Å². The summed E-state index contributed by atoms with van der Waals surface area (Å²) in [5.41, 5.74) is 7.97. The van der Waals surface area contributed by atoms with Gasteiger partial charge in [-0.3, -0.25) is 0 Å². The highest BCUT2D eigenvalue weighted by Crippen LogP contribution is 2.09. The van der Waals surface area contributed by atoms with Crippen LogP contribution in [0.1, 0.15) is 43.7 Å². The summed E-state index contributed by atoms with van der Waals surface area (Å²) in [6.45, 7) is 2.17. The van der Waals surface area contributed by atoms with Crippen LogP contribution in [0.3, 0.4) is 0 Å². The van der Waals surface area contributed by atoms with Crippen molar-refractivity contribution in [3.63, 3.8) is 0 Å². The van der Waals surface area contributed by atoms with E-state index in [2.05, 4.69) is 13.0 Å². The lowest BCUT2D eigenvalue weighted by Crippen LogP contribution is -2.19. The molecule has 0 aliphatic carbocycles. The highest BCUT2D eigenvalue weighted by atomic mass is 14.6. The quantitative estimate of drug-likeness (QED) is 0.794. The van der Waals surface area contributed by atoms with Gasteiger partial charge in [-0.1, -0.05) is 25.5 Å². The normalized spacial score (nSPS) is 12.1. The number of nitrogens with two attached hydrogens (primary N) is 1. The molecule has 2 heteroatoms. The number of rotatable bonds is 6. The molecule has 0 fully saturated rings. The van der Waals surface area contributed by atoms with E-state index in [1.807, 2.05) is 24.3 Å². The van der Waals surface area contributed by atoms with Crippen LogP contribution in [0.2, 0.25) is 0 Å². The van der Waals surface area contributed by atoms with Gasteiger partial charge < -0.3 is 5.73 Å². The molecular formula is C14H20N2. The Morgan fingerprint density at radius 2 is 1.94 bits per heavy atom. The van der Waals surface area contributed by atoms with Crippen LogP contribution in [-0.2, 0) is 6.42 Å². The Morgan fingerprint density at radius 3 is 2.50 bits per heavy atom. The van der Waals surface area contributed by atoms with Gasteiger partial charge in [-0.15, -0.1) is 0 Å². The van der Waals surface area contributed by atoms with Crippen LogP contribution in [0.5, 0.6) is 0 Å². The highest BCUT2D eigenvalue weighted by molar-refractivity contribution is 5.31. The lowest BCUT2D eigenvalue weighted by atomic mass is 10.0. The average molecular weight is 216 g/mol. The van der Waals surface area contributed by atoms with Crippen molar-refractivity contribution in [3.8, 4) is 6.07 Å². The molecule has 1 rings (SSSR count). The van der Waals surface area contributed by atoms with Gasteiger partial charge >= 0.3 is 0 Å². The van der Waals surface area contributed by atoms with Crippen molar-refractivity contribution < 1.29 is 0 Å². The molecular weight excluding hydrogens is 196 g/mol. The Bertz CT molecular complexity index is 335. The standard InChI is InChI=1S/C14H20N2/c1-2-4-14(16)6-3-5-12-7-9-13(11-15)10-8-12/h7-10,14H,2-6,16H2,1H3. The Morgan fingerprint density at radius 1 is 1.25 bits per heavy atom. The number of hydrogen-bond donors (Lipinski definition) is 1. The zero-order valence-electron chi connectivity index (χ0n) is 9.95. The first-order valence-electron chi connectivity index (χ1n) is 6.01. The van der Waals surface area contributed by atoms with E-state index in [1.165, 1.54) is 5.56 Å². The summed E-state index contributed by atoms with van der Waals surface area (Å²) < 4.78 is 0. The fourth-order valence-corrected chi connectivity index (χ4v) is 1.83. The number of hydrogen-bond acceptors (Lipinski definition) is 2. The summed E-state index contributed by atoms with van der Waals surface area (Å²) in [6, 6.07) is 10.3. The van der Waals surface area contributed by atoms with Gasteiger partial charge in [-0.25, -0.2) is 0 Å². The maximum Gasteiger partial charge on any atom is 0.0991 e. The molecule has 0 heterocycles. The van der Waals surface area contributed by atoms with Gasteiger partial charge in [0.05, 0.1) is 11.6 Å². The second-order valence-electron chi connectivity index (χ2n) is 4.25. The Hall–Kier alpha value is -1.33. The van der Waals surface area contributed by atoms with Crippen molar-refractivity contribution in [1.29, 1.82) is 5.26 Å². The molecule has 0 aromatic heterocycles. The van der Waals surface area contributed by atoms with Crippen molar-refractivity contribution in [3.05, 3.63) is 35.4 Å². The van der Waals surface area contributed by atoms with Crippen molar-refractivity contribution in [2.75, 3.05) is 0 Å². The topological polar surface area (TPSA) is 49.8 Å². The van der Waals surface area contributed by atoms with Gasteiger partial charge in [0.25, 0.3) is 0 Å². The minimum absolute atomic E-state index is 0.350. The van der Waals surface area contributed by atoms with Gasteiger partial charge in [0.15, 0.2) is 0 Å². The van der Waals surface area contributed by atoms with Gasteiger partial charge in [0, 0.05) is 6.04 Å². The molecule has 1 aromatic rings. The van der Waals surface area contributed by atoms with Gasteiger partial charge in [-0.05, 0) is 43.4 Å². The van der Waals surface area contributed by atoms with E-state index < -0.39 is 0 Å². The largest absolute Gasteiger partial charge is 0.328 e. The third kappa shape index (κ3) is 4.46. The fraction of sp³-hybridized carbons (Fsp3) is 0.500. The molecule has 0 saturated carbocycles. The van der Waals surface area contributed by atoms with Crippen LogP contribution >= 0.6 is 0 Å². The summed E-state index contributed by atoms with van der Waals surface area (Å²) in [6.07, 6.45) is 5.56. The number of aryl methyl sites for hydroxylation is 1. The summed E-state index contributed by atoms with van der Waals surface area (Å²) in [4.78, 5) is 0. The monoisotopic (exact) mass is 216 g/mol. The number of nitrogens with zero attached hydrogens (tertiary/aromatic N) is 1. The van der Waals surface area contributed by atoms with Gasteiger partial charge in [0.1, 0.15) is 0 Å². The minimum atomic E-state index is 0.350. The molecule has 0 saturated heterocycles. The third-order valence-electron chi connectivity index (χ3n) is 2.78. The minimum Gasteiger partial charge on any atom is -0.328 e. The van der Waals surface area contributed by atoms with Crippen molar-refractivity contribution in [2.45, 2.75) is 45.1 Å². The van der Waals surface area contributed by atoms with Crippen LogP contribution in [0.15, 0.2) is 24.3 Å². The first-order valence-corrected chi connectivity index (χ1v) is 6.01. The van der Waals surface area contributed by atoms with Crippen LogP contribution in [-0.4, -0.2) is 6.04 Å². The second kappa shape index (κ2) is 7.03. The van der Waals surface area contributed by atoms with E-state index in [9.17, 15) is 0 Å². The lowest BCUT2D eigenvalue weighted by molar-refractivity contribution is 0.539. The molecule has 1 aromatic carbocycles. The molecule has 0 aliphatic rings. The zero-order chi connectivity index (χ0) is 11.8. The SMILES string of the molecule is CCCC(N)CCCc1ccc(C#N)cc1. The number of nitriles is 1.